The van der Waals surface area contributed by atoms with Crippen LogP contribution in [0.2, 0.25) is 0 Å². The van der Waals surface area contributed by atoms with Crippen LogP contribution < -0.4 is 5.32 Å². The summed E-state index contributed by atoms with van der Waals surface area (Å²) in [6.07, 6.45) is 0. The molecule has 7 heteroatoms. The van der Waals surface area contributed by atoms with Crippen LogP contribution in [-0.4, -0.2) is 10.8 Å². The number of amides is 1. The molecule has 0 fully saturated rings. The van der Waals surface area contributed by atoms with Gasteiger partial charge in [-0.1, -0.05) is 12.1 Å². The lowest BCUT2D eigenvalue weighted by Gasteiger charge is -2.07. The highest BCUT2D eigenvalue weighted by molar-refractivity contribution is 6.05. The van der Waals surface area contributed by atoms with Crippen LogP contribution in [0.1, 0.15) is 15.9 Å². The van der Waals surface area contributed by atoms with Crippen molar-refractivity contribution in [3.63, 3.8) is 0 Å². The molecule has 2 aromatic carbocycles. The van der Waals surface area contributed by atoms with E-state index in [0.717, 1.165) is 18.2 Å². The number of nitrogens with zero attached hydrogens (tertiary/aromatic N) is 2. The van der Waals surface area contributed by atoms with Gasteiger partial charge in [-0.05, 0) is 18.2 Å². The van der Waals surface area contributed by atoms with Gasteiger partial charge in [-0.15, -0.1) is 0 Å². The molecular formula is C14H8FN3O3. The van der Waals surface area contributed by atoms with Crippen LogP contribution in [-0.2, 0) is 0 Å². The molecule has 2 aromatic rings. The number of halogens is 1. The molecule has 0 saturated carbocycles. The number of nitriles is 1. The van der Waals surface area contributed by atoms with E-state index in [0.29, 0.717) is 0 Å². The van der Waals surface area contributed by atoms with Crippen molar-refractivity contribution >= 4 is 17.3 Å². The second-order valence-electron chi connectivity index (χ2n) is 4.03. The van der Waals surface area contributed by atoms with E-state index in [-0.39, 0.29) is 11.3 Å². The first-order chi connectivity index (χ1) is 10.0. The van der Waals surface area contributed by atoms with E-state index >= 15 is 0 Å². The van der Waals surface area contributed by atoms with Crippen molar-refractivity contribution in [3.05, 3.63) is 69.5 Å². The van der Waals surface area contributed by atoms with Crippen molar-refractivity contribution in [2.75, 3.05) is 5.32 Å². The average molecular weight is 285 g/mol. The Morgan fingerprint density at radius 1 is 1.29 bits per heavy atom. The number of carbonyl (C=O) groups excluding carboxylic acids is 1. The standard InChI is InChI=1S/C14H8FN3O3/c15-12-6-5-10(18(20)21)7-11(12)14(19)17-13-4-2-1-3-9(13)8-16/h1-7H,(H,17,19). The van der Waals surface area contributed by atoms with Crippen LogP contribution in [0.4, 0.5) is 15.8 Å². The van der Waals surface area contributed by atoms with Crippen LogP contribution in [0.15, 0.2) is 42.5 Å². The van der Waals surface area contributed by atoms with E-state index in [1.165, 1.54) is 12.1 Å². The summed E-state index contributed by atoms with van der Waals surface area (Å²) in [5, 5.41) is 21.9. The van der Waals surface area contributed by atoms with Crippen LogP contribution >= 0.6 is 0 Å². The lowest BCUT2D eigenvalue weighted by molar-refractivity contribution is -0.384. The highest BCUT2D eigenvalue weighted by Gasteiger charge is 2.17. The summed E-state index contributed by atoms with van der Waals surface area (Å²) in [7, 11) is 0. The summed E-state index contributed by atoms with van der Waals surface area (Å²) < 4.78 is 13.6. The van der Waals surface area contributed by atoms with E-state index in [1.807, 2.05) is 6.07 Å². The highest BCUT2D eigenvalue weighted by Crippen LogP contribution is 2.20. The van der Waals surface area contributed by atoms with E-state index < -0.39 is 27.9 Å². The molecule has 0 bridgehead atoms. The van der Waals surface area contributed by atoms with Gasteiger partial charge in [0.15, 0.2) is 0 Å². The van der Waals surface area contributed by atoms with Crippen molar-refractivity contribution in [3.8, 4) is 6.07 Å². The summed E-state index contributed by atoms with van der Waals surface area (Å²) in [5.74, 6) is -1.74. The Morgan fingerprint density at radius 2 is 2.00 bits per heavy atom. The first-order valence-electron chi connectivity index (χ1n) is 5.77. The largest absolute Gasteiger partial charge is 0.321 e. The number of para-hydroxylation sites is 1. The van der Waals surface area contributed by atoms with Gasteiger partial charge in [-0.2, -0.15) is 5.26 Å². The van der Waals surface area contributed by atoms with Gasteiger partial charge in [0.25, 0.3) is 11.6 Å². The average Bonchev–Trinajstić information content (AvgIpc) is 2.47. The van der Waals surface area contributed by atoms with Crippen LogP contribution in [0.5, 0.6) is 0 Å². The number of hydrogen-bond acceptors (Lipinski definition) is 4. The molecule has 2 rings (SSSR count). The first kappa shape index (κ1) is 14.1. The molecule has 1 amide bonds. The monoisotopic (exact) mass is 285 g/mol. The zero-order valence-corrected chi connectivity index (χ0v) is 10.5. The SMILES string of the molecule is N#Cc1ccccc1NC(=O)c1cc([N+](=O)[O-])ccc1F. The van der Waals surface area contributed by atoms with Gasteiger partial charge in [-0.25, -0.2) is 4.39 Å². The molecule has 0 spiro atoms. The highest BCUT2D eigenvalue weighted by atomic mass is 19.1. The minimum Gasteiger partial charge on any atom is -0.321 e. The summed E-state index contributed by atoms with van der Waals surface area (Å²) in [6.45, 7) is 0. The molecule has 0 aliphatic rings. The lowest BCUT2D eigenvalue weighted by atomic mass is 10.1. The fraction of sp³-hybridized carbons (Fsp3) is 0. The summed E-state index contributed by atoms with van der Waals surface area (Å²) in [6, 6.07) is 10.7. The molecule has 21 heavy (non-hydrogen) atoms. The molecule has 0 unspecified atom stereocenters. The fourth-order valence-electron chi connectivity index (χ4n) is 1.68. The third-order valence-corrected chi connectivity index (χ3v) is 2.70. The molecule has 0 radical (unpaired) electrons. The maximum Gasteiger partial charge on any atom is 0.270 e. The minimum atomic E-state index is -0.882. The van der Waals surface area contributed by atoms with Crippen molar-refractivity contribution < 1.29 is 14.1 Å². The molecule has 0 saturated heterocycles. The van der Waals surface area contributed by atoms with Crippen LogP contribution in [0.3, 0.4) is 0 Å². The summed E-state index contributed by atoms with van der Waals surface area (Å²) in [4.78, 5) is 21.9. The Kier molecular flexibility index (Phi) is 3.90. The summed E-state index contributed by atoms with van der Waals surface area (Å²) in [5.41, 5.74) is -0.445. The lowest BCUT2D eigenvalue weighted by Crippen LogP contribution is -2.15. The quantitative estimate of drug-likeness (QED) is 0.692. The van der Waals surface area contributed by atoms with Gasteiger partial charge in [-0.3, -0.25) is 14.9 Å². The Balaban J connectivity index is 2.35. The van der Waals surface area contributed by atoms with E-state index in [1.54, 1.807) is 12.1 Å². The number of anilines is 1. The van der Waals surface area contributed by atoms with Gasteiger partial charge in [0.05, 0.1) is 21.7 Å². The molecule has 0 aromatic heterocycles. The Hall–Kier alpha value is -3.27. The number of benzene rings is 2. The molecule has 0 atom stereocenters. The topological polar surface area (TPSA) is 96.0 Å². The number of non-ortho nitro benzene ring substituents is 1. The Labute approximate surface area is 118 Å². The first-order valence-corrected chi connectivity index (χ1v) is 5.77. The van der Waals surface area contributed by atoms with E-state index in [2.05, 4.69) is 5.32 Å². The number of nitro benzene ring substituents is 1. The molecule has 0 aliphatic heterocycles. The van der Waals surface area contributed by atoms with Crippen molar-refractivity contribution in [2.45, 2.75) is 0 Å². The third kappa shape index (κ3) is 3.01. The Morgan fingerprint density at radius 3 is 2.67 bits per heavy atom. The second-order valence-corrected chi connectivity index (χ2v) is 4.03. The maximum absolute atomic E-state index is 13.6. The third-order valence-electron chi connectivity index (χ3n) is 2.70. The minimum absolute atomic E-state index is 0.205. The summed E-state index contributed by atoms with van der Waals surface area (Å²) >= 11 is 0. The van der Waals surface area contributed by atoms with Crippen LogP contribution in [0, 0.1) is 27.3 Å². The van der Waals surface area contributed by atoms with Gasteiger partial charge in [0.1, 0.15) is 11.9 Å². The molecule has 104 valence electrons. The number of hydrogen-bond donors (Lipinski definition) is 1. The smallest absolute Gasteiger partial charge is 0.270 e. The van der Waals surface area contributed by atoms with Gasteiger partial charge >= 0.3 is 0 Å². The zero-order chi connectivity index (χ0) is 15.4. The Bertz CT molecular complexity index is 768. The molecule has 6 nitrogen and oxygen atoms in total. The van der Waals surface area contributed by atoms with E-state index in [4.69, 9.17) is 5.26 Å². The van der Waals surface area contributed by atoms with Crippen molar-refractivity contribution in [1.29, 1.82) is 5.26 Å². The predicted octanol–water partition coefficient (Wildman–Crippen LogP) is 2.86. The number of nitrogens with one attached hydrogen (secondary N) is 1. The molecule has 0 heterocycles. The fourth-order valence-corrected chi connectivity index (χ4v) is 1.68. The van der Waals surface area contributed by atoms with Gasteiger partial charge in [0, 0.05) is 12.1 Å². The maximum atomic E-state index is 13.6. The molecule has 1 N–H and O–H groups in total. The number of nitro groups is 1. The van der Waals surface area contributed by atoms with Gasteiger partial charge < -0.3 is 5.32 Å². The van der Waals surface area contributed by atoms with E-state index in [9.17, 15) is 19.3 Å². The number of rotatable bonds is 3. The number of carbonyl (C=O) groups is 1. The van der Waals surface area contributed by atoms with Crippen molar-refractivity contribution in [2.24, 2.45) is 0 Å². The predicted molar refractivity (Wildman–Crippen MR) is 72.2 cm³/mol. The second kappa shape index (κ2) is 5.79. The van der Waals surface area contributed by atoms with Crippen molar-refractivity contribution in [1.82, 2.24) is 0 Å². The van der Waals surface area contributed by atoms with Crippen LogP contribution in [0.25, 0.3) is 0 Å². The molecular weight excluding hydrogens is 277 g/mol. The zero-order valence-electron chi connectivity index (χ0n) is 10.5. The molecule has 0 aliphatic carbocycles. The van der Waals surface area contributed by atoms with Gasteiger partial charge in [0.2, 0.25) is 0 Å². The normalized spacial score (nSPS) is 9.71.